The number of carbonyl (C=O) groups is 2. The van der Waals surface area contributed by atoms with Crippen LogP contribution in [0.3, 0.4) is 0 Å². The van der Waals surface area contributed by atoms with Crippen LogP contribution in [0.2, 0.25) is 0 Å². The van der Waals surface area contributed by atoms with Gasteiger partial charge >= 0.3 is 6.03 Å². The van der Waals surface area contributed by atoms with Gasteiger partial charge in [-0.05, 0) is 73.7 Å². The van der Waals surface area contributed by atoms with Gasteiger partial charge in [0.05, 0.1) is 16.3 Å². The van der Waals surface area contributed by atoms with Crippen LogP contribution in [0.1, 0.15) is 39.0 Å². The summed E-state index contributed by atoms with van der Waals surface area (Å²) < 4.78 is 0. The number of urea groups is 1. The second-order valence-electron chi connectivity index (χ2n) is 8.91. The highest BCUT2D eigenvalue weighted by Crippen LogP contribution is 2.31. The van der Waals surface area contributed by atoms with E-state index in [2.05, 4.69) is 37.4 Å². The zero-order valence-corrected chi connectivity index (χ0v) is 20.1. The van der Waals surface area contributed by atoms with Crippen molar-refractivity contribution >= 4 is 29.0 Å². The lowest BCUT2D eigenvalue weighted by Gasteiger charge is -2.36. The molecule has 8 heteroatoms. The molecule has 3 amide bonds. The fourth-order valence-electron chi connectivity index (χ4n) is 4.19. The van der Waals surface area contributed by atoms with Crippen LogP contribution in [0.4, 0.5) is 21.9 Å². The van der Waals surface area contributed by atoms with E-state index in [0.717, 1.165) is 17.5 Å². The van der Waals surface area contributed by atoms with Gasteiger partial charge in [-0.25, -0.2) is 4.79 Å². The summed E-state index contributed by atoms with van der Waals surface area (Å²) in [4.78, 5) is 40.3. The predicted octanol–water partition coefficient (Wildman–Crippen LogP) is 5.60. The number of nitro benzene ring substituents is 1. The Kier molecular flexibility index (Phi) is 6.82. The lowest BCUT2D eigenvalue weighted by molar-refractivity contribution is -0.384. The van der Waals surface area contributed by atoms with Crippen LogP contribution in [0.25, 0.3) is 0 Å². The molecule has 1 saturated heterocycles. The van der Waals surface area contributed by atoms with Crippen molar-refractivity contribution in [1.82, 2.24) is 4.90 Å². The summed E-state index contributed by atoms with van der Waals surface area (Å²) in [6.07, 6.45) is 0.806. The molecule has 0 aliphatic carbocycles. The molecule has 0 aromatic heterocycles. The lowest BCUT2D eigenvalue weighted by atomic mass is 10.1. The highest BCUT2D eigenvalue weighted by atomic mass is 16.6. The monoisotopic (exact) mass is 472 g/mol. The van der Waals surface area contributed by atoms with Crippen LogP contribution in [-0.4, -0.2) is 34.9 Å². The van der Waals surface area contributed by atoms with E-state index >= 15 is 0 Å². The Bertz CT molecular complexity index is 1290. The number of hydrogen-bond acceptors (Lipinski definition) is 4. The van der Waals surface area contributed by atoms with Gasteiger partial charge in [0.2, 0.25) is 0 Å². The van der Waals surface area contributed by atoms with Gasteiger partial charge in [0.15, 0.2) is 0 Å². The molecular weight excluding hydrogens is 444 g/mol. The van der Waals surface area contributed by atoms with Crippen LogP contribution >= 0.6 is 0 Å². The third kappa shape index (κ3) is 5.32. The van der Waals surface area contributed by atoms with E-state index in [1.165, 1.54) is 35.4 Å². The van der Waals surface area contributed by atoms with Crippen LogP contribution in [0.15, 0.2) is 60.7 Å². The zero-order valence-electron chi connectivity index (χ0n) is 20.1. The van der Waals surface area contributed by atoms with E-state index in [-0.39, 0.29) is 11.7 Å². The molecular formula is C27H28N4O4. The summed E-state index contributed by atoms with van der Waals surface area (Å²) >= 11 is 0. The van der Waals surface area contributed by atoms with E-state index in [9.17, 15) is 19.7 Å². The fourth-order valence-corrected chi connectivity index (χ4v) is 4.19. The molecule has 4 rings (SSSR count). The Hall–Kier alpha value is -4.20. The maximum Gasteiger partial charge on any atom is 0.324 e. The Morgan fingerprint density at radius 3 is 2.40 bits per heavy atom. The fraction of sp³-hybridized carbons (Fsp3) is 0.259. The smallest absolute Gasteiger partial charge is 0.320 e. The molecule has 0 unspecified atom stereocenters. The molecule has 0 spiro atoms. The number of aryl methyl sites for hydroxylation is 3. The van der Waals surface area contributed by atoms with E-state index in [1.54, 1.807) is 4.90 Å². The molecule has 1 N–H and O–H groups in total. The van der Waals surface area contributed by atoms with Gasteiger partial charge in [-0.2, -0.15) is 0 Å². The van der Waals surface area contributed by atoms with Gasteiger partial charge < -0.3 is 10.2 Å². The maximum absolute atomic E-state index is 13.5. The largest absolute Gasteiger partial charge is 0.324 e. The van der Waals surface area contributed by atoms with Crippen LogP contribution in [0.5, 0.6) is 0 Å². The first kappa shape index (κ1) is 23.9. The molecule has 35 heavy (non-hydrogen) atoms. The van der Waals surface area contributed by atoms with Crippen LogP contribution < -0.4 is 10.2 Å². The van der Waals surface area contributed by atoms with Crippen molar-refractivity contribution in [3.8, 4) is 0 Å². The second kappa shape index (κ2) is 9.97. The van der Waals surface area contributed by atoms with Crippen LogP contribution in [0, 0.1) is 30.9 Å². The molecule has 0 saturated carbocycles. The minimum atomic E-state index is -0.508. The number of nitrogens with zero attached hydrogens (tertiary/aromatic N) is 3. The normalized spacial score (nSPS) is 13.6. The SMILES string of the molecule is Cc1ccc(N2CCCN(Cc3ccc(C)c(C)c3)C2=O)c(NC(=O)c2ccc([N+](=O)[O-])cc2)c1. The molecule has 0 bridgehead atoms. The number of carbonyl (C=O) groups excluding carboxylic acids is 2. The number of nitro groups is 1. The molecule has 3 aromatic rings. The number of anilines is 2. The minimum Gasteiger partial charge on any atom is -0.320 e. The van der Waals surface area contributed by atoms with E-state index in [1.807, 2.05) is 30.0 Å². The summed E-state index contributed by atoms with van der Waals surface area (Å²) in [5.74, 6) is -0.400. The Morgan fingerprint density at radius 1 is 0.971 bits per heavy atom. The molecule has 180 valence electrons. The first-order valence-corrected chi connectivity index (χ1v) is 11.5. The van der Waals surface area contributed by atoms with Gasteiger partial charge in [0.25, 0.3) is 11.6 Å². The first-order chi connectivity index (χ1) is 16.7. The summed E-state index contributed by atoms with van der Waals surface area (Å²) in [6.45, 7) is 7.78. The standard InChI is InChI=1S/C27H28N4O4/c1-18-5-12-25(24(15-18)28-26(32)22-8-10-23(11-9-22)31(34)35)30-14-4-13-29(27(30)33)17-21-7-6-19(2)20(3)16-21/h5-12,15-16H,4,13-14,17H2,1-3H3,(H,28,32). The number of benzene rings is 3. The third-order valence-electron chi connectivity index (χ3n) is 6.29. The molecule has 1 aliphatic rings. The van der Waals surface area contributed by atoms with E-state index in [4.69, 9.17) is 0 Å². The predicted molar refractivity (Wildman–Crippen MR) is 136 cm³/mol. The highest BCUT2D eigenvalue weighted by Gasteiger charge is 2.29. The molecule has 1 aliphatic heterocycles. The minimum absolute atomic E-state index is 0.0828. The highest BCUT2D eigenvalue weighted by molar-refractivity contribution is 6.07. The number of nitrogens with one attached hydrogen (secondary N) is 1. The maximum atomic E-state index is 13.5. The first-order valence-electron chi connectivity index (χ1n) is 11.5. The summed E-state index contributed by atoms with van der Waals surface area (Å²) in [6, 6.07) is 17.1. The summed E-state index contributed by atoms with van der Waals surface area (Å²) in [7, 11) is 0. The zero-order chi connectivity index (χ0) is 25.1. The number of hydrogen-bond donors (Lipinski definition) is 1. The number of non-ortho nitro benzene ring substituents is 1. The molecule has 1 heterocycles. The van der Waals surface area contributed by atoms with Crippen molar-refractivity contribution in [2.75, 3.05) is 23.3 Å². The second-order valence-corrected chi connectivity index (χ2v) is 8.91. The Labute approximate surface area is 204 Å². The average Bonchev–Trinajstić information content (AvgIpc) is 2.83. The van der Waals surface area contributed by atoms with Gasteiger partial charge in [0, 0.05) is 37.3 Å². The van der Waals surface area contributed by atoms with Crippen molar-refractivity contribution in [3.05, 3.63) is 98.6 Å². The van der Waals surface area contributed by atoms with Gasteiger partial charge in [-0.15, -0.1) is 0 Å². The summed E-state index contributed by atoms with van der Waals surface area (Å²) in [5, 5.41) is 13.8. The molecule has 8 nitrogen and oxygen atoms in total. The third-order valence-corrected chi connectivity index (χ3v) is 6.29. The van der Waals surface area contributed by atoms with E-state index < -0.39 is 10.8 Å². The van der Waals surface area contributed by atoms with Crippen molar-refractivity contribution in [2.45, 2.75) is 33.7 Å². The number of amides is 3. The van der Waals surface area contributed by atoms with Crippen molar-refractivity contribution in [3.63, 3.8) is 0 Å². The molecule has 3 aromatic carbocycles. The van der Waals surface area contributed by atoms with E-state index in [0.29, 0.717) is 36.6 Å². The van der Waals surface area contributed by atoms with Crippen LogP contribution in [-0.2, 0) is 6.54 Å². The van der Waals surface area contributed by atoms with Crippen molar-refractivity contribution in [1.29, 1.82) is 0 Å². The average molecular weight is 473 g/mol. The number of rotatable bonds is 6. The van der Waals surface area contributed by atoms with Crippen molar-refractivity contribution in [2.24, 2.45) is 0 Å². The summed E-state index contributed by atoms with van der Waals surface area (Å²) in [5.41, 5.74) is 5.79. The quantitative estimate of drug-likeness (QED) is 0.373. The van der Waals surface area contributed by atoms with Gasteiger partial charge in [0.1, 0.15) is 0 Å². The Balaban J connectivity index is 1.56. The molecule has 0 radical (unpaired) electrons. The molecule has 0 atom stereocenters. The topological polar surface area (TPSA) is 95.8 Å². The van der Waals surface area contributed by atoms with Gasteiger partial charge in [-0.3, -0.25) is 19.8 Å². The lowest BCUT2D eigenvalue weighted by Crippen LogP contribution is -2.49. The van der Waals surface area contributed by atoms with Gasteiger partial charge in [-0.1, -0.05) is 24.3 Å². The van der Waals surface area contributed by atoms with Crippen molar-refractivity contribution < 1.29 is 14.5 Å². The molecule has 1 fully saturated rings. The Morgan fingerprint density at radius 2 is 1.71 bits per heavy atom.